The maximum Gasteiger partial charge on any atom is 0.241 e. The molecule has 114 valence electrons. The van der Waals surface area contributed by atoms with E-state index in [-0.39, 0.29) is 30.4 Å². The van der Waals surface area contributed by atoms with Crippen LogP contribution in [-0.4, -0.2) is 50.0 Å². The first-order valence-corrected chi connectivity index (χ1v) is 6.94. The van der Waals surface area contributed by atoms with Crippen molar-refractivity contribution in [2.24, 2.45) is 0 Å². The molecule has 1 heterocycles. The summed E-state index contributed by atoms with van der Waals surface area (Å²) >= 11 is 0. The average molecular weight is 291 g/mol. The van der Waals surface area contributed by atoms with Gasteiger partial charge in [-0.2, -0.15) is 0 Å². The molecule has 1 saturated heterocycles. The van der Waals surface area contributed by atoms with E-state index in [0.29, 0.717) is 6.54 Å². The van der Waals surface area contributed by atoms with E-state index in [9.17, 15) is 9.59 Å². The van der Waals surface area contributed by atoms with Gasteiger partial charge < -0.3 is 15.0 Å². The van der Waals surface area contributed by atoms with E-state index in [1.807, 2.05) is 31.2 Å². The zero-order valence-corrected chi connectivity index (χ0v) is 12.6. The number of para-hydroxylation sites is 1. The molecule has 6 heteroatoms. The van der Waals surface area contributed by atoms with Crippen LogP contribution in [0.15, 0.2) is 24.3 Å². The molecule has 0 aromatic heterocycles. The summed E-state index contributed by atoms with van der Waals surface area (Å²) in [6, 6.07) is 7.14. The summed E-state index contributed by atoms with van der Waals surface area (Å²) in [6.07, 6.45) is 0. The minimum absolute atomic E-state index is 0.0478. The molecule has 2 N–H and O–H groups in total. The summed E-state index contributed by atoms with van der Waals surface area (Å²) in [6.45, 7) is 2.45. The Labute approximate surface area is 124 Å². The first-order chi connectivity index (χ1) is 10.0. The van der Waals surface area contributed by atoms with Crippen molar-refractivity contribution in [1.82, 2.24) is 15.5 Å². The Bertz CT molecular complexity index is 523. The predicted molar refractivity (Wildman–Crippen MR) is 79.0 cm³/mol. The molecule has 21 heavy (non-hydrogen) atoms. The van der Waals surface area contributed by atoms with Gasteiger partial charge in [0.2, 0.25) is 11.8 Å². The van der Waals surface area contributed by atoms with Crippen LogP contribution in [0.3, 0.4) is 0 Å². The van der Waals surface area contributed by atoms with Crippen LogP contribution in [0.2, 0.25) is 0 Å². The smallest absolute Gasteiger partial charge is 0.241 e. The lowest BCUT2D eigenvalue weighted by molar-refractivity contribution is -0.135. The Hall–Kier alpha value is -2.08. The normalized spacial score (nSPS) is 19.6. The van der Waals surface area contributed by atoms with Crippen molar-refractivity contribution in [2.75, 3.05) is 27.2 Å². The molecule has 1 fully saturated rings. The lowest BCUT2D eigenvalue weighted by Crippen LogP contribution is -2.58. The number of piperazine rings is 1. The molecule has 0 spiro atoms. The first kappa shape index (κ1) is 15.3. The number of likely N-dealkylation sites (N-methyl/N-ethyl adjacent to an activating group) is 1. The number of nitrogens with zero attached hydrogens (tertiary/aromatic N) is 1. The van der Waals surface area contributed by atoms with Crippen LogP contribution in [0, 0.1) is 0 Å². The summed E-state index contributed by atoms with van der Waals surface area (Å²) < 4.78 is 5.35. The Morgan fingerprint density at radius 1 is 1.43 bits per heavy atom. The van der Waals surface area contributed by atoms with Gasteiger partial charge in [-0.25, -0.2) is 0 Å². The number of benzene rings is 1. The standard InChI is InChI=1S/C15H21N3O3/c1-10(11-6-4-5-7-13(11)21-3)18(2)15(20)12-8-17-14(19)9-16-12/h4-7,10,12,16H,8-9H2,1-3H3,(H,17,19). The second-order valence-corrected chi connectivity index (χ2v) is 5.10. The SMILES string of the molecule is COc1ccccc1C(C)N(C)C(=O)C1CNC(=O)CN1. The van der Waals surface area contributed by atoms with Gasteiger partial charge >= 0.3 is 0 Å². The molecule has 0 radical (unpaired) electrons. The van der Waals surface area contributed by atoms with Crippen LogP contribution in [0.25, 0.3) is 0 Å². The zero-order valence-electron chi connectivity index (χ0n) is 12.6. The maximum absolute atomic E-state index is 12.5. The van der Waals surface area contributed by atoms with E-state index >= 15 is 0 Å². The molecule has 2 amide bonds. The summed E-state index contributed by atoms with van der Waals surface area (Å²) in [4.78, 5) is 25.3. The second-order valence-electron chi connectivity index (χ2n) is 5.10. The summed E-state index contributed by atoms with van der Waals surface area (Å²) in [5, 5.41) is 5.65. The highest BCUT2D eigenvalue weighted by Gasteiger charge is 2.29. The monoisotopic (exact) mass is 291 g/mol. The third-order valence-electron chi connectivity index (χ3n) is 3.83. The number of ether oxygens (including phenoxy) is 1. The minimum atomic E-state index is -0.384. The highest BCUT2D eigenvalue weighted by Crippen LogP contribution is 2.28. The van der Waals surface area contributed by atoms with Crippen LogP contribution in [0.5, 0.6) is 5.75 Å². The summed E-state index contributed by atoms with van der Waals surface area (Å²) in [5.74, 6) is 0.627. The number of hydrogen-bond acceptors (Lipinski definition) is 4. The van der Waals surface area contributed by atoms with Crippen LogP contribution in [0.4, 0.5) is 0 Å². The van der Waals surface area contributed by atoms with Gasteiger partial charge in [0.05, 0.1) is 19.7 Å². The van der Waals surface area contributed by atoms with Gasteiger partial charge in [-0.15, -0.1) is 0 Å². The topological polar surface area (TPSA) is 70.7 Å². The third kappa shape index (κ3) is 3.33. The number of methoxy groups -OCH3 is 1. The maximum atomic E-state index is 12.5. The van der Waals surface area contributed by atoms with Gasteiger partial charge in [0.15, 0.2) is 0 Å². The van der Waals surface area contributed by atoms with Crippen molar-refractivity contribution in [3.8, 4) is 5.75 Å². The first-order valence-electron chi connectivity index (χ1n) is 6.94. The van der Waals surface area contributed by atoms with E-state index in [2.05, 4.69) is 10.6 Å². The van der Waals surface area contributed by atoms with E-state index in [1.54, 1.807) is 19.1 Å². The Morgan fingerprint density at radius 2 is 2.14 bits per heavy atom. The van der Waals surface area contributed by atoms with E-state index < -0.39 is 0 Å². The Balaban J connectivity index is 2.09. The lowest BCUT2D eigenvalue weighted by atomic mass is 10.0. The van der Waals surface area contributed by atoms with Crippen LogP contribution in [0.1, 0.15) is 18.5 Å². The van der Waals surface area contributed by atoms with Gasteiger partial charge in [-0.1, -0.05) is 18.2 Å². The Kier molecular flexibility index (Phi) is 4.80. The van der Waals surface area contributed by atoms with E-state index in [1.165, 1.54) is 0 Å². The second kappa shape index (κ2) is 6.58. The summed E-state index contributed by atoms with van der Waals surface area (Å²) in [7, 11) is 3.38. The van der Waals surface area contributed by atoms with E-state index in [0.717, 1.165) is 11.3 Å². The van der Waals surface area contributed by atoms with Crippen molar-refractivity contribution in [1.29, 1.82) is 0 Å². The van der Waals surface area contributed by atoms with E-state index in [4.69, 9.17) is 4.74 Å². The molecular formula is C15H21N3O3. The van der Waals surface area contributed by atoms with Crippen molar-refractivity contribution in [3.63, 3.8) is 0 Å². The molecule has 0 aliphatic carbocycles. The van der Waals surface area contributed by atoms with Crippen molar-refractivity contribution in [2.45, 2.75) is 19.0 Å². The molecule has 0 saturated carbocycles. The molecule has 6 nitrogen and oxygen atoms in total. The number of rotatable bonds is 4. The highest BCUT2D eigenvalue weighted by molar-refractivity contribution is 5.87. The Morgan fingerprint density at radius 3 is 2.76 bits per heavy atom. The number of carbonyl (C=O) groups excluding carboxylic acids is 2. The van der Waals surface area contributed by atoms with Crippen molar-refractivity contribution >= 4 is 11.8 Å². The van der Waals surface area contributed by atoms with Crippen LogP contribution in [-0.2, 0) is 9.59 Å². The molecule has 1 aromatic carbocycles. The largest absolute Gasteiger partial charge is 0.496 e. The van der Waals surface area contributed by atoms with Crippen LogP contribution < -0.4 is 15.4 Å². The van der Waals surface area contributed by atoms with Gasteiger partial charge in [-0.05, 0) is 13.0 Å². The molecule has 1 aliphatic rings. The minimum Gasteiger partial charge on any atom is -0.496 e. The number of nitrogens with one attached hydrogen (secondary N) is 2. The predicted octanol–water partition coefficient (Wildman–Crippen LogP) is 0.303. The molecule has 1 aromatic rings. The fraction of sp³-hybridized carbons (Fsp3) is 0.467. The quantitative estimate of drug-likeness (QED) is 0.837. The third-order valence-corrected chi connectivity index (χ3v) is 3.83. The van der Waals surface area contributed by atoms with Gasteiger partial charge in [0, 0.05) is 19.2 Å². The summed E-state index contributed by atoms with van der Waals surface area (Å²) in [5.41, 5.74) is 0.954. The van der Waals surface area contributed by atoms with Gasteiger partial charge in [0.1, 0.15) is 11.8 Å². The number of hydrogen-bond donors (Lipinski definition) is 2. The van der Waals surface area contributed by atoms with Gasteiger partial charge in [-0.3, -0.25) is 14.9 Å². The molecule has 2 unspecified atom stereocenters. The molecular weight excluding hydrogens is 270 g/mol. The van der Waals surface area contributed by atoms with Crippen molar-refractivity contribution < 1.29 is 14.3 Å². The highest BCUT2D eigenvalue weighted by atomic mass is 16.5. The molecule has 0 bridgehead atoms. The number of carbonyl (C=O) groups is 2. The average Bonchev–Trinajstić information content (AvgIpc) is 2.53. The fourth-order valence-electron chi connectivity index (χ4n) is 2.40. The van der Waals surface area contributed by atoms with Gasteiger partial charge in [0.25, 0.3) is 0 Å². The fourth-order valence-corrected chi connectivity index (χ4v) is 2.40. The molecule has 1 aliphatic heterocycles. The lowest BCUT2D eigenvalue weighted by Gasteiger charge is -2.32. The number of amides is 2. The molecule has 2 atom stereocenters. The van der Waals surface area contributed by atoms with Crippen molar-refractivity contribution in [3.05, 3.63) is 29.8 Å². The molecule has 2 rings (SSSR count). The van der Waals surface area contributed by atoms with Crippen LogP contribution >= 0.6 is 0 Å². The zero-order chi connectivity index (χ0) is 15.4.